The molecule has 3 aromatic heterocycles. The third-order valence-corrected chi connectivity index (χ3v) is 3.92. The fraction of sp³-hybridized carbons (Fsp3) is 0.118. The predicted molar refractivity (Wildman–Crippen MR) is 94.8 cm³/mol. The topological polar surface area (TPSA) is 98.2 Å². The first kappa shape index (κ1) is 16.2. The van der Waals surface area contributed by atoms with Gasteiger partial charge in [-0.1, -0.05) is 22.8 Å². The molecule has 0 aliphatic carbocycles. The van der Waals surface area contributed by atoms with Crippen molar-refractivity contribution >= 4 is 28.8 Å². The summed E-state index contributed by atoms with van der Waals surface area (Å²) in [6.45, 7) is 1.75. The standard InChI is InChI=1S/C17H13ClN6O2/c1-10-19-17(26-23-10)11-5-6-24-14(7-11)21-22-15(24)9-16(25)20-13-4-2-3-12(18)8-13/h2-8H,9H2,1H3,(H,20,25). The van der Waals surface area contributed by atoms with Crippen molar-refractivity contribution in [2.24, 2.45) is 0 Å². The maximum atomic E-state index is 12.3. The number of pyridine rings is 1. The highest BCUT2D eigenvalue weighted by molar-refractivity contribution is 6.30. The van der Waals surface area contributed by atoms with Crippen molar-refractivity contribution in [1.29, 1.82) is 0 Å². The van der Waals surface area contributed by atoms with Gasteiger partial charge in [-0.25, -0.2) is 0 Å². The molecule has 130 valence electrons. The first-order valence-corrected chi connectivity index (χ1v) is 8.16. The summed E-state index contributed by atoms with van der Waals surface area (Å²) in [6.07, 6.45) is 1.85. The maximum Gasteiger partial charge on any atom is 0.258 e. The van der Waals surface area contributed by atoms with Crippen LogP contribution in [0.4, 0.5) is 5.69 Å². The molecule has 0 atom stereocenters. The van der Waals surface area contributed by atoms with Crippen molar-refractivity contribution in [3.05, 3.63) is 59.3 Å². The minimum absolute atomic E-state index is 0.0761. The minimum atomic E-state index is -0.210. The molecule has 0 bridgehead atoms. The zero-order valence-corrected chi connectivity index (χ0v) is 14.4. The summed E-state index contributed by atoms with van der Waals surface area (Å²) in [5, 5.41) is 15.3. The van der Waals surface area contributed by atoms with Crippen LogP contribution in [0, 0.1) is 6.92 Å². The van der Waals surface area contributed by atoms with Crippen LogP contribution in [0.25, 0.3) is 17.1 Å². The molecule has 0 saturated carbocycles. The summed E-state index contributed by atoms with van der Waals surface area (Å²) in [6, 6.07) is 10.5. The third kappa shape index (κ3) is 3.27. The zero-order chi connectivity index (χ0) is 18.1. The molecule has 0 saturated heterocycles. The van der Waals surface area contributed by atoms with E-state index in [0.29, 0.717) is 33.9 Å². The number of anilines is 1. The maximum absolute atomic E-state index is 12.3. The van der Waals surface area contributed by atoms with Crippen molar-refractivity contribution in [3.63, 3.8) is 0 Å². The number of halogens is 1. The van der Waals surface area contributed by atoms with Crippen LogP contribution >= 0.6 is 11.6 Å². The number of benzene rings is 1. The van der Waals surface area contributed by atoms with E-state index in [1.807, 2.05) is 6.07 Å². The van der Waals surface area contributed by atoms with E-state index in [-0.39, 0.29) is 12.3 Å². The van der Waals surface area contributed by atoms with Gasteiger partial charge in [-0.2, -0.15) is 4.98 Å². The van der Waals surface area contributed by atoms with E-state index in [4.69, 9.17) is 16.1 Å². The number of nitrogens with zero attached hydrogens (tertiary/aromatic N) is 5. The molecule has 26 heavy (non-hydrogen) atoms. The highest BCUT2D eigenvalue weighted by atomic mass is 35.5. The summed E-state index contributed by atoms with van der Waals surface area (Å²) in [5.41, 5.74) is 1.95. The number of aromatic nitrogens is 5. The molecule has 0 unspecified atom stereocenters. The van der Waals surface area contributed by atoms with Crippen LogP contribution in [-0.2, 0) is 11.2 Å². The van der Waals surface area contributed by atoms with E-state index in [0.717, 1.165) is 5.56 Å². The lowest BCUT2D eigenvalue weighted by molar-refractivity contribution is -0.115. The summed E-state index contributed by atoms with van der Waals surface area (Å²) in [4.78, 5) is 16.4. The number of carbonyl (C=O) groups excluding carboxylic acids is 1. The fourth-order valence-corrected chi connectivity index (χ4v) is 2.71. The van der Waals surface area contributed by atoms with Gasteiger partial charge in [-0.15, -0.1) is 10.2 Å². The molecule has 1 N–H and O–H groups in total. The lowest BCUT2D eigenvalue weighted by atomic mass is 10.2. The quantitative estimate of drug-likeness (QED) is 0.594. The Bertz CT molecular complexity index is 1100. The summed E-state index contributed by atoms with van der Waals surface area (Å²) >= 11 is 5.92. The van der Waals surface area contributed by atoms with E-state index in [1.54, 1.807) is 47.9 Å². The number of hydrogen-bond donors (Lipinski definition) is 1. The van der Waals surface area contributed by atoms with Crippen LogP contribution in [0.5, 0.6) is 0 Å². The molecule has 0 fully saturated rings. The number of hydrogen-bond acceptors (Lipinski definition) is 6. The normalized spacial score (nSPS) is 11.0. The minimum Gasteiger partial charge on any atom is -0.334 e. The Morgan fingerprint density at radius 2 is 2.15 bits per heavy atom. The van der Waals surface area contributed by atoms with Crippen molar-refractivity contribution in [2.75, 3.05) is 5.32 Å². The highest BCUT2D eigenvalue weighted by Gasteiger charge is 2.13. The fourth-order valence-electron chi connectivity index (χ4n) is 2.52. The number of rotatable bonds is 4. The van der Waals surface area contributed by atoms with Gasteiger partial charge < -0.3 is 9.84 Å². The molecule has 0 spiro atoms. The summed E-state index contributed by atoms with van der Waals surface area (Å²) in [7, 11) is 0. The molecule has 0 aliphatic rings. The number of fused-ring (bicyclic) bond motifs is 1. The van der Waals surface area contributed by atoms with Gasteiger partial charge in [0.1, 0.15) is 5.82 Å². The number of nitrogens with one attached hydrogen (secondary N) is 1. The molecule has 1 aromatic carbocycles. The molecule has 9 heteroatoms. The molecule has 1 amide bonds. The monoisotopic (exact) mass is 368 g/mol. The number of amides is 1. The molecule has 0 radical (unpaired) electrons. The van der Waals surface area contributed by atoms with Crippen LogP contribution < -0.4 is 5.32 Å². The van der Waals surface area contributed by atoms with E-state index in [1.165, 1.54) is 0 Å². The SMILES string of the molecule is Cc1noc(-c2ccn3c(CC(=O)Nc4cccc(Cl)c4)nnc3c2)n1. The average molecular weight is 369 g/mol. The Morgan fingerprint density at radius 1 is 1.27 bits per heavy atom. The van der Waals surface area contributed by atoms with Crippen molar-refractivity contribution in [2.45, 2.75) is 13.3 Å². The third-order valence-electron chi connectivity index (χ3n) is 3.68. The predicted octanol–water partition coefficient (Wildman–Crippen LogP) is 2.92. The highest BCUT2D eigenvalue weighted by Crippen LogP contribution is 2.19. The second-order valence-electron chi connectivity index (χ2n) is 5.64. The van der Waals surface area contributed by atoms with E-state index in [9.17, 15) is 4.79 Å². The first-order valence-electron chi connectivity index (χ1n) is 7.78. The van der Waals surface area contributed by atoms with Gasteiger partial charge in [0.25, 0.3) is 5.89 Å². The molecular weight excluding hydrogens is 356 g/mol. The average Bonchev–Trinajstić information content (AvgIpc) is 3.21. The van der Waals surface area contributed by atoms with E-state index >= 15 is 0 Å². The Balaban J connectivity index is 1.54. The van der Waals surface area contributed by atoms with Gasteiger partial charge in [-0.3, -0.25) is 9.20 Å². The van der Waals surface area contributed by atoms with Crippen molar-refractivity contribution < 1.29 is 9.32 Å². The summed E-state index contributed by atoms with van der Waals surface area (Å²) < 4.78 is 6.89. The Hall–Kier alpha value is -3.26. The zero-order valence-electron chi connectivity index (χ0n) is 13.7. The van der Waals surface area contributed by atoms with Gasteiger partial charge in [0, 0.05) is 22.5 Å². The molecule has 4 aromatic rings. The van der Waals surface area contributed by atoms with Gasteiger partial charge in [0.05, 0.1) is 6.42 Å². The largest absolute Gasteiger partial charge is 0.334 e. The Labute approximate surface area is 152 Å². The number of aryl methyl sites for hydroxylation is 1. The van der Waals surface area contributed by atoms with Gasteiger partial charge >= 0.3 is 0 Å². The molecular formula is C17H13ClN6O2. The van der Waals surface area contributed by atoms with Gasteiger partial charge in [0.15, 0.2) is 11.5 Å². The lowest BCUT2D eigenvalue weighted by Gasteiger charge is -2.05. The van der Waals surface area contributed by atoms with Crippen molar-refractivity contribution in [3.8, 4) is 11.5 Å². The molecule has 8 nitrogen and oxygen atoms in total. The molecule has 0 aliphatic heterocycles. The Morgan fingerprint density at radius 3 is 2.92 bits per heavy atom. The Kier molecular flexibility index (Phi) is 4.10. The second kappa shape index (κ2) is 6.57. The van der Waals surface area contributed by atoms with Crippen LogP contribution in [-0.4, -0.2) is 30.6 Å². The van der Waals surface area contributed by atoms with E-state index in [2.05, 4.69) is 25.7 Å². The smallest absolute Gasteiger partial charge is 0.258 e. The van der Waals surface area contributed by atoms with Crippen LogP contribution in [0.2, 0.25) is 5.02 Å². The molecule has 3 heterocycles. The van der Waals surface area contributed by atoms with Crippen LogP contribution in [0.1, 0.15) is 11.6 Å². The number of carbonyl (C=O) groups is 1. The lowest BCUT2D eigenvalue weighted by Crippen LogP contribution is -2.16. The van der Waals surface area contributed by atoms with Crippen molar-refractivity contribution in [1.82, 2.24) is 24.7 Å². The van der Waals surface area contributed by atoms with Crippen LogP contribution in [0.3, 0.4) is 0 Å². The van der Waals surface area contributed by atoms with Crippen LogP contribution in [0.15, 0.2) is 47.1 Å². The summed E-state index contributed by atoms with van der Waals surface area (Å²) in [5.74, 6) is 1.28. The van der Waals surface area contributed by atoms with E-state index < -0.39 is 0 Å². The van der Waals surface area contributed by atoms with Gasteiger partial charge in [0.2, 0.25) is 5.91 Å². The first-order chi connectivity index (χ1) is 12.6. The van der Waals surface area contributed by atoms with Gasteiger partial charge in [-0.05, 0) is 37.3 Å². The second-order valence-corrected chi connectivity index (χ2v) is 6.08. The molecule has 4 rings (SSSR count).